The lowest BCUT2D eigenvalue weighted by atomic mass is 10.1. The normalized spacial score (nSPS) is 13.0. The Bertz CT molecular complexity index is 1010. The molecule has 2 aromatic heterocycles. The van der Waals surface area contributed by atoms with E-state index >= 15 is 0 Å². The van der Waals surface area contributed by atoms with Crippen molar-refractivity contribution < 1.29 is 4.79 Å². The lowest BCUT2D eigenvalue weighted by Crippen LogP contribution is -2.16. The Labute approximate surface area is 160 Å². The number of fused-ring (bicyclic) bond motifs is 1. The molecular formula is C18H21N7OS. The van der Waals surface area contributed by atoms with E-state index < -0.39 is 0 Å². The van der Waals surface area contributed by atoms with Crippen LogP contribution in [0.15, 0.2) is 23.4 Å². The van der Waals surface area contributed by atoms with Crippen molar-refractivity contribution in [3.63, 3.8) is 0 Å². The van der Waals surface area contributed by atoms with Crippen LogP contribution in [0.25, 0.3) is 11.5 Å². The van der Waals surface area contributed by atoms with Crippen LogP contribution in [0, 0.1) is 13.8 Å². The van der Waals surface area contributed by atoms with Gasteiger partial charge in [0.25, 0.3) is 0 Å². The standard InChI is InChI=1S/C18H21N7OS/c1-10-6-7-12(8-11(10)2)20-15(26)9-27-18-24-23-17(25(18)19)16-13-4-3-5-14(13)21-22-16/h6-8H,3-5,9,19H2,1-2H3,(H,20,26)(H,21,22). The van der Waals surface area contributed by atoms with Crippen LogP contribution in [0.3, 0.4) is 0 Å². The SMILES string of the molecule is Cc1ccc(NC(=O)CSc2nnc(-c3n[nH]c4c3CCC4)n2N)cc1C. The molecule has 0 spiro atoms. The Hall–Kier alpha value is -2.81. The van der Waals surface area contributed by atoms with Crippen molar-refractivity contribution in [2.75, 3.05) is 16.9 Å². The number of thioether (sulfide) groups is 1. The van der Waals surface area contributed by atoms with E-state index in [1.807, 2.05) is 32.0 Å². The number of benzene rings is 1. The number of hydrogen-bond acceptors (Lipinski definition) is 6. The van der Waals surface area contributed by atoms with E-state index in [1.165, 1.54) is 22.0 Å². The summed E-state index contributed by atoms with van der Waals surface area (Å²) >= 11 is 1.25. The second-order valence-corrected chi connectivity index (χ2v) is 7.64. The topological polar surface area (TPSA) is 115 Å². The molecule has 0 bridgehead atoms. The molecule has 0 aliphatic heterocycles. The van der Waals surface area contributed by atoms with Crippen LogP contribution in [-0.2, 0) is 17.6 Å². The summed E-state index contributed by atoms with van der Waals surface area (Å²) in [5, 5.41) is 19.0. The number of aromatic amines is 1. The van der Waals surface area contributed by atoms with Gasteiger partial charge in [-0.2, -0.15) is 5.10 Å². The number of nitrogens with two attached hydrogens (primary N) is 1. The summed E-state index contributed by atoms with van der Waals surface area (Å²) in [5.41, 5.74) is 6.18. The van der Waals surface area contributed by atoms with Crippen LogP contribution >= 0.6 is 11.8 Å². The zero-order chi connectivity index (χ0) is 19.0. The van der Waals surface area contributed by atoms with E-state index in [1.54, 1.807) is 0 Å². The zero-order valence-corrected chi connectivity index (χ0v) is 16.1. The highest BCUT2D eigenvalue weighted by Gasteiger charge is 2.24. The third kappa shape index (κ3) is 3.42. The monoisotopic (exact) mass is 383 g/mol. The lowest BCUT2D eigenvalue weighted by Gasteiger charge is -2.07. The summed E-state index contributed by atoms with van der Waals surface area (Å²) in [5.74, 6) is 6.75. The molecule has 0 radical (unpaired) electrons. The maximum atomic E-state index is 12.2. The first-order valence-electron chi connectivity index (χ1n) is 8.80. The highest BCUT2D eigenvalue weighted by Crippen LogP contribution is 2.30. The maximum absolute atomic E-state index is 12.2. The number of nitrogen functional groups attached to an aromatic ring is 1. The van der Waals surface area contributed by atoms with E-state index in [4.69, 9.17) is 5.84 Å². The second-order valence-electron chi connectivity index (χ2n) is 6.69. The number of H-pyrrole nitrogens is 1. The average Bonchev–Trinajstić information content (AvgIpc) is 3.33. The Kier molecular flexibility index (Phi) is 4.61. The van der Waals surface area contributed by atoms with Gasteiger partial charge in [-0.25, -0.2) is 4.68 Å². The van der Waals surface area contributed by atoms with Gasteiger partial charge >= 0.3 is 0 Å². The number of aryl methyl sites for hydroxylation is 3. The quantitative estimate of drug-likeness (QED) is 0.460. The molecule has 1 aromatic carbocycles. The van der Waals surface area contributed by atoms with Crippen molar-refractivity contribution in [2.24, 2.45) is 0 Å². The lowest BCUT2D eigenvalue weighted by molar-refractivity contribution is -0.113. The van der Waals surface area contributed by atoms with Crippen molar-refractivity contribution in [2.45, 2.75) is 38.3 Å². The largest absolute Gasteiger partial charge is 0.335 e. The van der Waals surface area contributed by atoms with Gasteiger partial charge in [-0.1, -0.05) is 17.8 Å². The highest BCUT2D eigenvalue weighted by molar-refractivity contribution is 7.99. The molecule has 3 aromatic rings. The molecule has 4 rings (SSSR count). The average molecular weight is 383 g/mol. The fraction of sp³-hybridized carbons (Fsp3) is 0.333. The Morgan fingerprint density at radius 3 is 2.96 bits per heavy atom. The van der Waals surface area contributed by atoms with E-state index in [9.17, 15) is 4.79 Å². The molecule has 1 aliphatic carbocycles. The van der Waals surface area contributed by atoms with E-state index in [0.717, 1.165) is 47.5 Å². The van der Waals surface area contributed by atoms with E-state index in [-0.39, 0.29) is 11.7 Å². The molecule has 27 heavy (non-hydrogen) atoms. The summed E-state index contributed by atoms with van der Waals surface area (Å²) in [6.45, 7) is 4.06. The van der Waals surface area contributed by atoms with Gasteiger partial charge in [0.2, 0.25) is 16.9 Å². The molecule has 0 unspecified atom stereocenters. The molecule has 0 saturated carbocycles. The molecule has 140 valence electrons. The number of aromatic nitrogens is 5. The fourth-order valence-corrected chi connectivity index (χ4v) is 3.84. The van der Waals surface area contributed by atoms with Crippen molar-refractivity contribution in [1.29, 1.82) is 0 Å². The molecule has 0 fully saturated rings. The van der Waals surface area contributed by atoms with Gasteiger partial charge < -0.3 is 11.2 Å². The van der Waals surface area contributed by atoms with E-state index in [0.29, 0.717) is 11.0 Å². The van der Waals surface area contributed by atoms with Crippen LogP contribution < -0.4 is 11.2 Å². The third-order valence-electron chi connectivity index (χ3n) is 4.81. The van der Waals surface area contributed by atoms with Crippen molar-refractivity contribution in [1.82, 2.24) is 25.1 Å². The van der Waals surface area contributed by atoms with Gasteiger partial charge in [-0.3, -0.25) is 9.89 Å². The minimum Gasteiger partial charge on any atom is -0.335 e. The smallest absolute Gasteiger partial charge is 0.234 e. The van der Waals surface area contributed by atoms with Crippen molar-refractivity contribution in [3.8, 4) is 11.5 Å². The Balaban J connectivity index is 1.42. The molecule has 0 saturated heterocycles. The van der Waals surface area contributed by atoms with Gasteiger partial charge in [0, 0.05) is 16.9 Å². The molecule has 2 heterocycles. The summed E-state index contributed by atoms with van der Waals surface area (Å²) < 4.78 is 1.41. The molecule has 8 nitrogen and oxygen atoms in total. The number of carbonyl (C=O) groups excluding carboxylic acids is 1. The summed E-state index contributed by atoms with van der Waals surface area (Å²) in [7, 11) is 0. The number of anilines is 1. The van der Waals surface area contributed by atoms with Gasteiger partial charge in [0.15, 0.2) is 0 Å². The predicted octanol–water partition coefficient (Wildman–Crippen LogP) is 2.22. The first-order chi connectivity index (χ1) is 13.0. The van der Waals surface area contributed by atoms with Crippen LogP contribution in [0.2, 0.25) is 0 Å². The Morgan fingerprint density at radius 2 is 2.15 bits per heavy atom. The first-order valence-corrected chi connectivity index (χ1v) is 9.78. The highest BCUT2D eigenvalue weighted by atomic mass is 32.2. The number of amides is 1. The van der Waals surface area contributed by atoms with Crippen LogP contribution in [0.4, 0.5) is 5.69 Å². The summed E-state index contributed by atoms with van der Waals surface area (Å²) in [4.78, 5) is 12.2. The number of nitrogens with zero attached hydrogens (tertiary/aromatic N) is 4. The zero-order valence-electron chi connectivity index (χ0n) is 15.2. The molecule has 9 heteroatoms. The molecule has 1 amide bonds. The molecule has 4 N–H and O–H groups in total. The van der Waals surface area contributed by atoms with Gasteiger partial charge in [-0.15, -0.1) is 10.2 Å². The number of rotatable bonds is 5. The van der Waals surface area contributed by atoms with Crippen molar-refractivity contribution in [3.05, 3.63) is 40.6 Å². The molecule has 0 atom stereocenters. The summed E-state index contributed by atoms with van der Waals surface area (Å²) in [6, 6.07) is 5.84. The predicted molar refractivity (Wildman–Crippen MR) is 105 cm³/mol. The van der Waals surface area contributed by atoms with Crippen molar-refractivity contribution >= 4 is 23.4 Å². The minimum atomic E-state index is -0.117. The van der Waals surface area contributed by atoms with Crippen LogP contribution in [0.5, 0.6) is 0 Å². The van der Waals surface area contributed by atoms with Crippen LogP contribution in [-0.4, -0.2) is 36.7 Å². The van der Waals surface area contributed by atoms with E-state index in [2.05, 4.69) is 25.7 Å². The number of nitrogens with one attached hydrogen (secondary N) is 2. The van der Waals surface area contributed by atoms with Gasteiger partial charge in [0.05, 0.1) is 5.75 Å². The summed E-state index contributed by atoms with van der Waals surface area (Å²) in [6.07, 6.45) is 3.08. The molecule has 1 aliphatic rings. The first kappa shape index (κ1) is 17.6. The second kappa shape index (κ2) is 7.07. The Morgan fingerprint density at radius 1 is 1.30 bits per heavy atom. The third-order valence-corrected chi connectivity index (χ3v) is 5.75. The maximum Gasteiger partial charge on any atom is 0.234 e. The molecular weight excluding hydrogens is 362 g/mol. The number of carbonyl (C=O) groups is 1. The van der Waals surface area contributed by atoms with Crippen LogP contribution in [0.1, 0.15) is 28.8 Å². The van der Waals surface area contributed by atoms with Gasteiger partial charge in [0.1, 0.15) is 5.69 Å². The van der Waals surface area contributed by atoms with Gasteiger partial charge in [-0.05, 0) is 56.4 Å². The minimum absolute atomic E-state index is 0.117. The number of hydrogen-bond donors (Lipinski definition) is 3. The fourth-order valence-electron chi connectivity index (χ4n) is 3.19.